The standard InChI is InChI=1S/C21H23N5O3S/c1-16-6-8-19(29-2)20(15-16)30(27,28)26-13-11-25(12-14-26)21-9-7-18(23-24-21)17-5-3-4-10-22-17/h3-10,15H,11-14H2,1-2H3. The minimum Gasteiger partial charge on any atom is -0.495 e. The van der Waals surface area contributed by atoms with E-state index in [1.54, 1.807) is 18.3 Å². The molecule has 4 rings (SSSR count). The predicted octanol–water partition coefficient (Wildman–Crippen LogP) is 2.37. The Morgan fingerprint density at radius 1 is 0.933 bits per heavy atom. The first-order valence-electron chi connectivity index (χ1n) is 9.64. The molecular weight excluding hydrogens is 402 g/mol. The van der Waals surface area contributed by atoms with Gasteiger partial charge in [-0.15, -0.1) is 10.2 Å². The molecular formula is C21H23N5O3S. The Morgan fingerprint density at radius 2 is 1.73 bits per heavy atom. The molecule has 1 aliphatic rings. The largest absolute Gasteiger partial charge is 0.495 e. The van der Waals surface area contributed by atoms with E-state index >= 15 is 0 Å². The quantitative estimate of drug-likeness (QED) is 0.620. The molecule has 8 nitrogen and oxygen atoms in total. The maximum absolute atomic E-state index is 13.2. The molecule has 2 aromatic heterocycles. The molecule has 30 heavy (non-hydrogen) atoms. The number of benzene rings is 1. The van der Waals surface area contributed by atoms with Crippen LogP contribution in [0.4, 0.5) is 5.82 Å². The molecule has 0 saturated carbocycles. The van der Waals surface area contributed by atoms with Crippen LogP contribution < -0.4 is 9.64 Å². The molecule has 1 aromatic carbocycles. The Bertz CT molecular complexity index is 1110. The van der Waals surface area contributed by atoms with Crippen molar-refractivity contribution in [1.29, 1.82) is 0 Å². The van der Waals surface area contributed by atoms with E-state index in [4.69, 9.17) is 4.74 Å². The highest BCUT2D eigenvalue weighted by Gasteiger charge is 2.31. The summed E-state index contributed by atoms with van der Waals surface area (Å²) in [7, 11) is -2.16. The molecule has 0 bridgehead atoms. The zero-order valence-corrected chi connectivity index (χ0v) is 17.7. The molecule has 0 N–H and O–H groups in total. The lowest BCUT2D eigenvalue weighted by molar-refractivity contribution is 0.373. The van der Waals surface area contributed by atoms with Crippen LogP contribution in [0.25, 0.3) is 11.4 Å². The number of anilines is 1. The third kappa shape index (κ3) is 3.99. The lowest BCUT2D eigenvalue weighted by Crippen LogP contribution is -2.49. The zero-order chi connectivity index (χ0) is 21.1. The summed E-state index contributed by atoms with van der Waals surface area (Å²) in [5.41, 5.74) is 2.34. The van der Waals surface area contributed by atoms with Gasteiger partial charge in [-0.05, 0) is 48.9 Å². The van der Waals surface area contributed by atoms with Gasteiger partial charge in [0.05, 0.1) is 12.8 Å². The van der Waals surface area contributed by atoms with Crippen molar-refractivity contribution in [3.63, 3.8) is 0 Å². The van der Waals surface area contributed by atoms with Crippen molar-refractivity contribution < 1.29 is 13.2 Å². The topological polar surface area (TPSA) is 88.5 Å². The Kier molecular flexibility index (Phi) is 5.65. The van der Waals surface area contributed by atoms with Gasteiger partial charge in [-0.2, -0.15) is 4.31 Å². The van der Waals surface area contributed by atoms with E-state index in [0.717, 1.165) is 17.1 Å². The van der Waals surface area contributed by atoms with Crippen molar-refractivity contribution in [2.45, 2.75) is 11.8 Å². The van der Waals surface area contributed by atoms with E-state index in [1.807, 2.05) is 48.2 Å². The summed E-state index contributed by atoms with van der Waals surface area (Å²) in [5, 5.41) is 8.58. The first-order chi connectivity index (χ1) is 14.5. The number of ether oxygens (including phenoxy) is 1. The van der Waals surface area contributed by atoms with Crippen molar-refractivity contribution in [2.75, 3.05) is 38.2 Å². The minimum absolute atomic E-state index is 0.206. The predicted molar refractivity (Wildman–Crippen MR) is 114 cm³/mol. The second-order valence-corrected chi connectivity index (χ2v) is 8.94. The number of aryl methyl sites for hydroxylation is 1. The van der Waals surface area contributed by atoms with Gasteiger partial charge in [0.15, 0.2) is 5.82 Å². The fourth-order valence-corrected chi connectivity index (χ4v) is 5.09. The van der Waals surface area contributed by atoms with Crippen LogP contribution in [0.3, 0.4) is 0 Å². The van der Waals surface area contributed by atoms with Crippen LogP contribution in [0.5, 0.6) is 5.75 Å². The Hall–Kier alpha value is -3.04. The van der Waals surface area contributed by atoms with Crippen molar-refractivity contribution in [1.82, 2.24) is 19.5 Å². The number of hydrogen-bond donors (Lipinski definition) is 0. The SMILES string of the molecule is COc1ccc(C)cc1S(=O)(=O)N1CCN(c2ccc(-c3ccccn3)nn2)CC1. The summed E-state index contributed by atoms with van der Waals surface area (Å²) in [5.74, 6) is 1.08. The highest BCUT2D eigenvalue weighted by Crippen LogP contribution is 2.29. The van der Waals surface area contributed by atoms with Gasteiger partial charge >= 0.3 is 0 Å². The van der Waals surface area contributed by atoms with E-state index in [1.165, 1.54) is 11.4 Å². The van der Waals surface area contributed by atoms with Crippen LogP contribution in [0.2, 0.25) is 0 Å². The molecule has 0 amide bonds. The lowest BCUT2D eigenvalue weighted by Gasteiger charge is -2.34. The number of aromatic nitrogens is 3. The fraction of sp³-hybridized carbons (Fsp3) is 0.286. The molecule has 1 saturated heterocycles. The van der Waals surface area contributed by atoms with Crippen LogP contribution in [-0.4, -0.2) is 61.2 Å². The van der Waals surface area contributed by atoms with Crippen LogP contribution in [0.15, 0.2) is 59.6 Å². The number of pyridine rings is 1. The Balaban J connectivity index is 1.47. The number of sulfonamides is 1. The van der Waals surface area contributed by atoms with Crippen molar-refractivity contribution in [3.8, 4) is 17.1 Å². The van der Waals surface area contributed by atoms with Crippen molar-refractivity contribution in [3.05, 3.63) is 60.3 Å². The van der Waals surface area contributed by atoms with E-state index in [9.17, 15) is 8.42 Å². The number of nitrogens with zero attached hydrogens (tertiary/aromatic N) is 5. The maximum Gasteiger partial charge on any atom is 0.246 e. The summed E-state index contributed by atoms with van der Waals surface area (Å²) in [6.45, 7) is 3.66. The molecule has 0 atom stereocenters. The summed E-state index contributed by atoms with van der Waals surface area (Å²) >= 11 is 0. The smallest absolute Gasteiger partial charge is 0.246 e. The third-order valence-electron chi connectivity index (χ3n) is 5.08. The van der Waals surface area contributed by atoms with E-state index < -0.39 is 10.0 Å². The van der Waals surface area contributed by atoms with Gasteiger partial charge in [0.1, 0.15) is 16.3 Å². The monoisotopic (exact) mass is 425 g/mol. The Morgan fingerprint density at radius 3 is 2.37 bits per heavy atom. The van der Waals surface area contributed by atoms with E-state index in [2.05, 4.69) is 15.2 Å². The van der Waals surface area contributed by atoms with Crippen LogP contribution >= 0.6 is 0 Å². The fourth-order valence-electron chi connectivity index (χ4n) is 3.43. The average molecular weight is 426 g/mol. The number of methoxy groups -OCH3 is 1. The average Bonchev–Trinajstić information content (AvgIpc) is 2.80. The second kappa shape index (κ2) is 8.37. The molecule has 3 heterocycles. The highest BCUT2D eigenvalue weighted by atomic mass is 32.2. The molecule has 0 unspecified atom stereocenters. The van der Waals surface area contributed by atoms with Crippen molar-refractivity contribution in [2.24, 2.45) is 0 Å². The highest BCUT2D eigenvalue weighted by molar-refractivity contribution is 7.89. The van der Waals surface area contributed by atoms with Crippen LogP contribution in [0.1, 0.15) is 5.56 Å². The first-order valence-corrected chi connectivity index (χ1v) is 11.1. The maximum atomic E-state index is 13.2. The van der Waals surface area contributed by atoms with Gasteiger partial charge in [-0.25, -0.2) is 8.42 Å². The Labute approximate surface area is 176 Å². The lowest BCUT2D eigenvalue weighted by atomic mass is 10.2. The third-order valence-corrected chi connectivity index (χ3v) is 7.00. The van der Waals surface area contributed by atoms with E-state index in [-0.39, 0.29) is 4.90 Å². The molecule has 9 heteroatoms. The molecule has 1 fully saturated rings. The summed E-state index contributed by atoms with van der Waals surface area (Å²) in [4.78, 5) is 6.52. The second-order valence-electron chi connectivity index (χ2n) is 7.04. The summed E-state index contributed by atoms with van der Waals surface area (Å²) < 4.78 is 33.1. The number of piperazine rings is 1. The summed E-state index contributed by atoms with van der Waals surface area (Å²) in [6, 6.07) is 14.6. The van der Waals surface area contributed by atoms with E-state index in [0.29, 0.717) is 37.6 Å². The number of hydrogen-bond acceptors (Lipinski definition) is 7. The minimum atomic E-state index is -3.64. The molecule has 0 radical (unpaired) electrons. The van der Waals surface area contributed by atoms with Gasteiger partial charge in [0.2, 0.25) is 10.0 Å². The molecule has 0 spiro atoms. The molecule has 1 aliphatic heterocycles. The van der Waals surface area contributed by atoms with Gasteiger partial charge in [0.25, 0.3) is 0 Å². The number of rotatable bonds is 5. The molecule has 156 valence electrons. The molecule has 0 aliphatic carbocycles. The normalized spacial score (nSPS) is 15.2. The van der Waals surface area contributed by atoms with Crippen LogP contribution in [-0.2, 0) is 10.0 Å². The zero-order valence-electron chi connectivity index (χ0n) is 16.9. The molecule has 3 aromatic rings. The first kappa shape index (κ1) is 20.2. The summed E-state index contributed by atoms with van der Waals surface area (Å²) in [6.07, 6.45) is 1.72. The van der Waals surface area contributed by atoms with Gasteiger partial charge in [0, 0.05) is 32.4 Å². The van der Waals surface area contributed by atoms with Gasteiger partial charge in [-0.1, -0.05) is 12.1 Å². The van der Waals surface area contributed by atoms with Crippen LogP contribution in [0, 0.1) is 6.92 Å². The van der Waals surface area contributed by atoms with Gasteiger partial charge < -0.3 is 9.64 Å². The van der Waals surface area contributed by atoms with Crippen molar-refractivity contribution >= 4 is 15.8 Å². The van der Waals surface area contributed by atoms with Gasteiger partial charge in [-0.3, -0.25) is 4.98 Å².